The van der Waals surface area contributed by atoms with E-state index in [1.54, 1.807) is 0 Å². The molecule has 3 aliphatic rings. The number of hydrogen-bond acceptors (Lipinski definition) is 6. The molecule has 0 bridgehead atoms. The van der Waals surface area contributed by atoms with Gasteiger partial charge in [-0.2, -0.15) is 0 Å². The van der Waals surface area contributed by atoms with Crippen molar-refractivity contribution >= 4 is 34.3 Å². The zero-order chi connectivity index (χ0) is 23.8. The van der Waals surface area contributed by atoms with Gasteiger partial charge in [-0.25, -0.2) is 4.79 Å². The summed E-state index contributed by atoms with van der Waals surface area (Å²) in [6, 6.07) is 13.3. The molecule has 0 saturated carbocycles. The second-order valence-corrected chi connectivity index (χ2v) is 8.86. The van der Waals surface area contributed by atoms with Crippen LogP contribution in [0.2, 0.25) is 0 Å². The normalized spacial score (nSPS) is 20.2. The molecule has 0 spiro atoms. The number of carbonyl (C=O) groups is 1. The lowest BCUT2D eigenvalue weighted by Gasteiger charge is -2.36. The highest BCUT2D eigenvalue weighted by atomic mass is 32.1. The van der Waals surface area contributed by atoms with Crippen LogP contribution in [-0.2, 0) is 16.0 Å². The van der Waals surface area contributed by atoms with Crippen LogP contribution in [0.4, 0.5) is 0 Å². The lowest BCUT2D eigenvalue weighted by molar-refractivity contribution is -0.135. The van der Waals surface area contributed by atoms with Crippen molar-refractivity contribution < 1.29 is 19.0 Å². The SMILES string of the molecule is CCN(CC)CC.O=C1OC(=S)N2[C@H](c3ccc4c(c3)OCO4)c3[nH]c4ccccc4c3C[C@H]12. The van der Waals surface area contributed by atoms with E-state index in [-0.39, 0.29) is 24.0 Å². The Balaban J connectivity index is 0.000000304. The third-order valence-corrected chi connectivity index (χ3v) is 7.15. The van der Waals surface area contributed by atoms with Gasteiger partial charge >= 0.3 is 5.97 Å². The van der Waals surface area contributed by atoms with Gasteiger partial charge in [0.25, 0.3) is 5.17 Å². The number of carbonyl (C=O) groups excluding carboxylic acids is 1. The van der Waals surface area contributed by atoms with Crippen LogP contribution in [-0.4, -0.2) is 58.4 Å². The Morgan fingerprint density at radius 2 is 1.79 bits per heavy atom. The highest BCUT2D eigenvalue weighted by molar-refractivity contribution is 7.80. The fourth-order valence-electron chi connectivity index (χ4n) is 5.00. The molecule has 0 unspecified atom stereocenters. The van der Waals surface area contributed by atoms with Crippen LogP contribution >= 0.6 is 12.2 Å². The van der Waals surface area contributed by atoms with Crippen LogP contribution < -0.4 is 9.47 Å². The van der Waals surface area contributed by atoms with E-state index in [1.807, 2.05) is 41.3 Å². The minimum absolute atomic E-state index is 0.216. The first-order valence-electron chi connectivity index (χ1n) is 11.8. The number of thiocarbonyl (C=S) groups is 1. The fraction of sp³-hybridized carbons (Fsp3) is 0.385. The van der Waals surface area contributed by atoms with Crippen molar-refractivity contribution in [3.05, 3.63) is 59.3 Å². The molecule has 6 rings (SSSR count). The van der Waals surface area contributed by atoms with Gasteiger partial charge in [-0.15, -0.1) is 0 Å². The Labute approximate surface area is 204 Å². The molecule has 0 radical (unpaired) electrons. The van der Waals surface area contributed by atoms with Crippen molar-refractivity contribution in [3.63, 3.8) is 0 Å². The highest BCUT2D eigenvalue weighted by Crippen LogP contribution is 2.45. The topological polar surface area (TPSA) is 67.0 Å². The van der Waals surface area contributed by atoms with Crippen LogP contribution in [0.3, 0.4) is 0 Å². The van der Waals surface area contributed by atoms with E-state index in [0.717, 1.165) is 33.5 Å². The monoisotopic (exact) mass is 479 g/mol. The van der Waals surface area contributed by atoms with Crippen LogP contribution in [0.25, 0.3) is 10.9 Å². The molecule has 2 atom stereocenters. The number of aromatic nitrogens is 1. The summed E-state index contributed by atoms with van der Waals surface area (Å²) in [6.45, 7) is 10.3. The van der Waals surface area contributed by atoms with E-state index in [9.17, 15) is 4.79 Å². The predicted molar refractivity (Wildman–Crippen MR) is 134 cm³/mol. The number of esters is 1. The number of nitrogens with zero attached hydrogens (tertiary/aromatic N) is 2. The number of rotatable bonds is 4. The van der Waals surface area contributed by atoms with Crippen LogP contribution in [0, 0.1) is 0 Å². The molecular formula is C26H29N3O4S. The maximum atomic E-state index is 12.4. The third kappa shape index (κ3) is 3.80. The first-order valence-corrected chi connectivity index (χ1v) is 12.2. The van der Waals surface area contributed by atoms with E-state index < -0.39 is 6.04 Å². The summed E-state index contributed by atoms with van der Waals surface area (Å²) in [7, 11) is 0. The Bertz CT molecular complexity index is 1230. The van der Waals surface area contributed by atoms with E-state index >= 15 is 0 Å². The third-order valence-electron chi connectivity index (χ3n) is 6.86. The van der Waals surface area contributed by atoms with Gasteiger partial charge in [-0.05, 0) is 61.2 Å². The summed E-state index contributed by atoms with van der Waals surface area (Å²) in [5, 5.41) is 1.35. The number of benzene rings is 2. The first-order chi connectivity index (χ1) is 16.5. The molecule has 1 N–H and O–H groups in total. The average molecular weight is 480 g/mol. The molecule has 3 aliphatic heterocycles. The molecular weight excluding hydrogens is 450 g/mol. The maximum Gasteiger partial charge on any atom is 0.336 e. The molecule has 2 aromatic carbocycles. The van der Waals surface area contributed by atoms with E-state index in [1.165, 1.54) is 19.6 Å². The zero-order valence-corrected chi connectivity index (χ0v) is 20.5. The summed E-state index contributed by atoms with van der Waals surface area (Å²) >= 11 is 5.39. The van der Waals surface area contributed by atoms with Gasteiger partial charge in [-0.3, -0.25) is 0 Å². The number of hydrogen-bond donors (Lipinski definition) is 1. The van der Waals surface area contributed by atoms with E-state index in [2.05, 4.69) is 36.7 Å². The summed E-state index contributed by atoms with van der Waals surface area (Å²) in [5.74, 6) is 1.13. The van der Waals surface area contributed by atoms with Crippen molar-refractivity contribution in [2.45, 2.75) is 39.3 Å². The van der Waals surface area contributed by atoms with Crippen molar-refractivity contribution in [2.24, 2.45) is 0 Å². The average Bonchev–Trinajstić information content (AvgIpc) is 3.55. The van der Waals surface area contributed by atoms with Crippen LogP contribution in [0.5, 0.6) is 11.5 Å². The molecule has 4 heterocycles. The number of fused-ring (bicyclic) bond motifs is 5. The van der Waals surface area contributed by atoms with Gasteiger partial charge in [0.05, 0.1) is 6.04 Å². The molecule has 0 amide bonds. The molecule has 7 nitrogen and oxygen atoms in total. The summed E-state index contributed by atoms with van der Waals surface area (Å²) in [5.41, 5.74) is 4.19. The quantitative estimate of drug-likeness (QED) is 0.439. The molecule has 178 valence electrons. The number of aromatic amines is 1. The van der Waals surface area contributed by atoms with Gasteiger partial charge in [-0.1, -0.05) is 45.0 Å². The van der Waals surface area contributed by atoms with Gasteiger partial charge in [0.2, 0.25) is 6.79 Å². The molecule has 8 heteroatoms. The molecule has 0 aliphatic carbocycles. The second-order valence-electron chi connectivity index (χ2n) is 8.51. The van der Waals surface area contributed by atoms with Crippen molar-refractivity contribution in [1.82, 2.24) is 14.8 Å². The zero-order valence-electron chi connectivity index (χ0n) is 19.7. The largest absolute Gasteiger partial charge is 0.454 e. The minimum atomic E-state index is -0.417. The van der Waals surface area contributed by atoms with Crippen molar-refractivity contribution in [2.75, 3.05) is 26.4 Å². The summed E-state index contributed by atoms with van der Waals surface area (Å²) < 4.78 is 16.3. The van der Waals surface area contributed by atoms with E-state index in [4.69, 9.17) is 26.4 Å². The Morgan fingerprint density at radius 3 is 2.53 bits per heavy atom. The predicted octanol–water partition coefficient (Wildman–Crippen LogP) is 4.40. The molecule has 1 fully saturated rings. The van der Waals surface area contributed by atoms with Gasteiger partial charge in [0.15, 0.2) is 11.5 Å². The molecule has 34 heavy (non-hydrogen) atoms. The summed E-state index contributed by atoms with van der Waals surface area (Å²) in [4.78, 5) is 20.3. The molecule has 1 aromatic heterocycles. The smallest absolute Gasteiger partial charge is 0.336 e. The number of para-hydroxylation sites is 1. The lowest BCUT2D eigenvalue weighted by Crippen LogP contribution is -2.43. The fourth-order valence-corrected chi connectivity index (χ4v) is 5.32. The van der Waals surface area contributed by atoms with Gasteiger partial charge < -0.3 is 29.0 Å². The Morgan fingerprint density at radius 1 is 1.06 bits per heavy atom. The number of cyclic esters (lactones) is 1. The Hall–Kier alpha value is -3.10. The van der Waals surface area contributed by atoms with Crippen molar-refractivity contribution in [3.8, 4) is 11.5 Å². The first kappa shape index (κ1) is 22.7. The van der Waals surface area contributed by atoms with Gasteiger partial charge in [0.1, 0.15) is 6.04 Å². The minimum Gasteiger partial charge on any atom is -0.454 e. The lowest BCUT2D eigenvalue weighted by atomic mass is 9.89. The number of ether oxygens (including phenoxy) is 3. The number of H-pyrrole nitrogens is 1. The van der Waals surface area contributed by atoms with Crippen molar-refractivity contribution in [1.29, 1.82) is 0 Å². The number of nitrogens with one attached hydrogen (secondary N) is 1. The molecule has 1 saturated heterocycles. The molecule has 3 aromatic rings. The summed E-state index contributed by atoms with van der Waals surface area (Å²) in [6.07, 6.45) is 0.569. The van der Waals surface area contributed by atoms with Crippen LogP contribution in [0.15, 0.2) is 42.5 Å². The Kier molecular flexibility index (Phi) is 6.18. The van der Waals surface area contributed by atoms with Crippen LogP contribution in [0.1, 0.15) is 43.6 Å². The maximum absolute atomic E-state index is 12.4. The van der Waals surface area contributed by atoms with E-state index in [0.29, 0.717) is 12.2 Å². The highest BCUT2D eigenvalue weighted by Gasteiger charge is 2.48. The van der Waals surface area contributed by atoms with Gasteiger partial charge in [0, 0.05) is 23.0 Å². The standard InChI is InChI=1S/C20H14N2O4S.C6H15N/c23-19-14-8-12-11-3-1-2-4-13(11)21-17(12)18(22(14)20(27)26-19)10-5-6-15-16(7-10)25-9-24-15;1-4-7(5-2)6-3/h1-7,14,18,21H,8-9H2;4-6H2,1-3H3/t14-,18-;/m1./s1. The second kappa shape index (κ2) is 9.27.